The Morgan fingerprint density at radius 1 is 1.08 bits per heavy atom. The molecule has 130 valence electrons. The fourth-order valence-electron chi connectivity index (χ4n) is 2.57. The number of benzene rings is 2. The lowest BCUT2D eigenvalue weighted by molar-refractivity contribution is 0.301. The maximum absolute atomic E-state index is 14.6. The smallest absolute Gasteiger partial charge is 0.168 e. The van der Waals surface area contributed by atoms with Gasteiger partial charge in [0.05, 0.1) is 11.6 Å². The molecule has 0 atom stereocenters. The minimum atomic E-state index is -0.826. The van der Waals surface area contributed by atoms with Crippen LogP contribution in [-0.4, -0.2) is 19.7 Å². The molecule has 0 bridgehead atoms. The van der Waals surface area contributed by atoms with Crippen molar-refractivity contribution in [3.63, 3.8) is 0 Å². The fourth-order valence-corrected chi connectivity index (χ4v) is 2.75. The number of halogens is 3. The van der Waals surface area contributed by atoms with Gasteiger partial charge in [-0.2, -0.15) is 5.10 Å². The summed E-state index contributed by atoms with van der Waals surface area (Å²) in [4.78, 5) is 7.96. The molecule has 5 nitrogen and oxygen atoms in total. The molecule has 4 aromatic rings. The van der Waals surface area contributed by atoms with Crippen molar-refractivity contribution in [3.8, 4) is 11.4 Å². The van der Waals surface area contributed by atoms with Crippen molar-refractivity contribution in [2.75, 3.05) is 0 Å². The molecule has 2 aromatic heterocycles. The molecule has 0 fully saturated rings. The number of fused-ring (bicyclic) bond motifs is 1. The predicted octanol–water partition coefficient (Wildman–Crippen LogP) is 4.33. The zero-order valence-corrected chi connectivity index (χ0v) is 14.0. The van der Waals surface area contributed by atoms with E-state index in [2.05, 4.69) is 15.1 Å². The maximum Gasteiger partial charge on any atom is 0.168 e. The van der Waals surface area contributed by atoms with E-state index in [1.165, 1.54) is 17.2 Å². The van der Waals surface area contributed by atoms with Gasteiger partial charge < -0.3 is 4.74 Å². The van der Waals surface area contributed by atoms with E-state index >= 15 is 0 Å². The number of hydrogen-bond acceptors (Lipinski definition) is 4. The van der Waals surface area contributed by atoms with Crippen LogP contribution in [0.3, 0.4) is 0 Å². The molecular formula is C18H11ClF2N4O. The molecule has 0 saturated heterocycles. The number of rotatable bonds is 4. The van der Waals surface area contributed by atoms with Gasteiger partial charge in [-0.1, -0.05) is 41.9 Å². The number of ether oxygens (including phenoxy) is 1. The number of hydrogen-bond donors (Lipinski definition) is 0. The molecule has 0 N–H and O–H groups in total. The van der Waals surface area contributed by atoms with Crippen LogP contribution in [0.2, 0.25) is 5.15 Å². The molecule has 8 heteroatoms. The van der Waals surface area contributed by atoms with Crippen LogP contribution in [0.15, 0.2) is 55.0 Å². The Balaban J connectivity index is 1.81. The first-order valence-electron chi connectivity index (χ1n) is 7.64. The lowest BCUT2D eigenvalue weighted by Crippen LogP contribution is -2.06. The summed E-state index contributed by atoms with van der Waals surface area (Å²) in [6.07, 6.45) is 2.66. The van der Waals surface area contributed by atoms with Gasteiger partial charge in [0.15, 0.2) is 17.2 Å². The normalized spacial score (nSPS) is 11.0. The van der Waals surface area contributed by atoms with E-state index in [4.69, 9.17) is 16.3 Å². The second kappa shape index (κ2) is 6.68. The first-order valence-corrected chi connectivity index (χ1v) is 8.01. The molecule has 0 aliphatic carbocycles. The fraction of sp³-hybridized carbons (Fsp3) is 0.0556. The van der Waals surface area contributed by atoms with E-state index in [1.807, 2.05) is 30.3 Å². The third-order valence-corrected chi connectivity index (χ3v) is 4.06. The highest BCUT2D eigenvalue weighted by Crippen LogP contribution is 2.31. The molecule has 0 unspecified atom stereocenters. The second-order valence-electron chi connectivity index (χ2n) is 5.47. The summed E-state index contributed by atoms with van der Waals surface area (Å²) >= 11 is 6.01. The van der Waals surface area contributed by atoms with E-state index in [-0.39, 0.29) is 23.2 Å². The summed E-state index contributed by atoms with van der Waals surface area (Å²) < 4.78 is 35.2. The Hall–Kier alpha value is -3.06. The first kappa shape index (κ1) is 16.4. The number of nitrogens with zero attached hydrogens (tertiary/aromatic N) is 4. The van der Waals surface area contributed by atoms with E-state index in [0.29, 0.717) is 11.0 Å². The van der Waals surface area contributed by atoms with E-state index in [1.54, 1.807) is 0 Å². The highest BCUT2D eigenvalue weighted by atomic mass is 35.5. The summed E-state index contributed by atoms with van der Waals surface area (Å²) in [7, 11) is 0. The van der Waals surface area contributed by atoms with Gasteiger partial charge >= 0.3 is 0 Å². The molecule has 0 saturated carbocycles. The van der Waals surface area contributed by atoms with Crippen molar-refractivity contribution in [2.24, 2.45) is 0 Å². The maximum atomic E-state index is 14.6. The molecular weight excluding hydrogens is 362 g/mol. The van der Waals surface area contributed by atoms with Crippen LogP contribution in [0.5, 0.6) is 5.75 Å². The topological polar surface area (TPSA) is 52.8 Å². The monoisotopic (exact) mass is 372 g/mol. The molecule has 2 heterocycles. The van der Waals surface area contributed by atoms with Crippen LogP contribution >= 0.6 is 11.6 Å². The van der Waals surface area contributed by atoms with E-state index in [0.717, 1.165) is 17.7 Å². The predicted molar refractivity (Wildman–Crippen MR) is 92.4 cm³/mol. The second-order valence-corrected chi connectivity index (χ2v) is 5.82. The largest absolute Gasteiger partial charge is 0.486 e. The average molecular weight is 373 g/mol. The Kier molecular flexibility index (Phi) is 4.22. The first-order chi connectivity index (χ1) is 12.6. The zero-order valence-electron chi connectivity index (χ0n) is 13.2. The van der Waals surface area contributed by atoms with Crippen molar-refractivity contribution >= 4 is 22.6 Å². The van der Waals surface area contributed by atoms with Crippen LogP contribution in [0.1, 0.15) is 5.56 Å². The average Bonchev–Trinajstić information content (AvgIpc) is 3.05. The van der Waals surface area contributed by atoms with Crippen molar-refractivity contribution in [2.45, 2.75) is 6.61 Å². The summed E-state index contributed by atoms with van der Waals surface area (Å²) in [5, 5.41) is 4.76. The molecule has 0 amide bonds. The zero-order chi connectivity index (χ0) is 18.1. The van der Waals surface area contributed by atoms with Gasteiger partial charge in [-0.3, -0.25) is 0 Å². The number of aromatic nitrogens is 4. The van der Waals surface area contributed by atoms with Crippen LogP contribution in [0.25, 0.3) is 16.7 Å². The van der Waals surface area contributed by atoms with E-state index < -0.39 is 11.6 Å². The summed E-state index contributed by atoms with van der Waals surface area (Å²) in [6.45, 7) is 0.145. The molecule has 0 radical (unpaired) electrons. The molecule has 4 rings (SSSR count). The van der Waals surface area contributed by atoms with Crippen molar-refractivity contribution in [3.05, 3.63) is 77.3 Å². The Morgan fingerprint density at radius 3 is 2.69 bits per heavy atom. The quantitative estimate of drug-likeness (QED) is 0.500. The Labute approximate surface area is 151 Å². The summed E-state index contributed by atoms with van der Waals surface area (Å²) in [5.74, 6) is -1.57. The van der Waals surface area contributed by atoms with Crippen LogP contribution in [0, 0.1) is 11.6 Å². The molecule has 0 spiro atoms. The van der Waals surface area contributed by atoms with E-state index in [9.17, 15) is 8.78 Å². The summed E-state index contributed by atoms with van der Waals surface area (Å²) in [6, 6.07) is 11.2. The van der Waals surface area contributed by atoms with Gasteiger partial charge in [-0.15, -0.1) is 0 Å². The van der Waals surface area contributed by atoms with Gasteiger partial charge in [0, 0.05) is 12.1 Å². The van der Waals surface area contributed by atoms with Crippen LogP contribution < -0.4 is 4.74 Å². The minimum absolute atomic E-state index is 0.00564. The SMILES string of the molecule is Fc1cc(F)c(-n2ncc3c(Cl)ncnc32)c(OCc2ccccc2)c1. The molecule has 0 aliphatic heterocycles. The lowest BCUT2D eigenvalue weighted by atomic mass is 10.2. The van der Waals surface area contributed by atoms with Gasteiger partial charge in [-0.25, -0.2) is 23.4 Å². The Morgan fingerprint density at radius 2 is 1.88 bits per heavy atom. The van der Waals surface area contributed by atoms with Crippen molar-refractivity contribution in [1.29, 1.82) is 0 Å². The molecule has 26 heavy (non-hydrogen) atoms. The highest BCUT2D eigenvalue weighted by molar-refractivity contribution is 6.33. The molecule has 0 aliphatic rings. The van der Waals surface area contributed by atoms with Crippen molar-refractivity contribution < 1.29 is 13.5 Å². The third-order valence-electron chi connectivity index (χ3n) is 3.76. The standard InChI is InChI=1S/C18H11ClF2N4O/c19-17-13-8-24-25(18(13)23-10-22-17)16-14(21)6-12(20)7-15(16)26-9-11-4-2-1-3-5-11/h1-8,10H,9H2. The molecule has 2 aromatic carbocycles. The van der Waals surface area contributed by atoms with Gasteiger partial charge in [0.1, 0.15) is 29.6 Å². The minimum Gasteiger partial charge on any atom is -0.486 e. The lowest BCUT2D eigenvalue weighted by Gasteiger charge is -2.13. The highest BCUT2D eigenvalue weighted by Gasteiger charge is 2.19. The Bertz CT molecular complexity index is 1090. The van der Waals surface area contributed by atoms with Crippen LogP contribution in [0.4, 0.5) is 8.78 Å². The third kappa shape index (κ3) is 2.97. The van der Waals surface area contributed by atoms with Crippen molar-refractivity contribution in [1.82, 2.24) is 19.7 Å². The van der Waals surface area contributed by atoms with Gasteiger partial charge in [-0.05, 0) is 5.56 Å². The van der Waals surface area contributed by atoms with Crippen LogP contribution in [-0.2, 0) is 6.61 Å². The van der Waals surface area contributed by atoms with Gasteiger partial charge in [0.2, 0.25) is 0 Å². The summed E-state index contributed by atoms with van der Waals surface area (Å²) in [5.41, 5.74) is 1.10. The van der Waals surface area contributed by atoms with Gasteiger partial charge in [0.25, 0.3) is 0 Å².